The fourth-order valence-electron chi connectivity index (χ4n) is 2.78. The SMILES string of the molecule is NC(=O)N1CCC[C@@H](C(=O)NCCc2nc(-c3ccccn3)no2)C1. The molecule has 1 fully saturated rings. The van der Waals surface area contributed by atoms with Crippen LogP contribution in [0.4, 0.5) is 4.79 Å². The number of hydrogen-bond donors (Lipinski definition) is 2. The summed E-state index contributed by atoms with van der Waals surface area (Å²) < 4.78 is 5.17. The number of pyridine rings is 1. The molecule has 9 nitrogen and oxygen atoms in total. The third kappa shape index (κ3) is 4.31. The quantitative estimate of drug-likeness (QED) is 0.817. The van der Waals surface area contributed by atoms with Gasteiger partial charge in [-0.3, -0.25) is 9.78 Å². The molecule has 0 spiro atoms. The van der Waals surface area contributed by atoms with Gasteiger partial charge < -0.3 is 20.5 Å². The monoisotopic (exact) mass is 344 g/mol. The van der Waals surface area contributed by atoms with Crippen molar-refractivity contribution in [2.75, 3.05) is 19.6 Å². The summed E-state index contributed by atoms with van der Waals surface area (Å²) in [5.41, 5.74) is 5.91. The topological polar surface area (TPSA) is 127 Å². The van der Waals surface area contributed by atoms with Gasteiger partial charge in [0.15, 0.2) is 0 Å². The molecule has 1 saturated heterocycles. The van der Waals surface area contributed by atoms with E-state index in [4.69, 9.17) is 10.3 Å². The molecule has 3 rings (SSSR count). The van der Waals surface area contributed by atoms with Crippen LogP contribution in [0.2, 0.25) is 0 Å². The highest BCUT2D eigenvalue weighted by Gasteiger charge is 2.27. The number of hydrogen-bond acceptors (Lipinski definition) is 6. The molecule has 2 aromatic heterocycles. The summed E-state index contributed by atoms with van der Waals surface area (Å²) in [6.45, 7) is 1.36. The maximum absolute atomic E-state index is 12.2. The van der Waals surface area contributed by atoms with Crippen molar-refractivity contribution in [1.82, 2.24) is 25.3 Å². The van der Waals surface area contributed by atoms with Gasteiger partial charge in [-0.25, -0.2) is 4.79 Å². The van der Waals surface area contributed by atoms with Gasteiger partial charge >= 0.3 is 6.03 Å². The van der Waals surface area contributed by atoms with E-state index in [0.29, 0.717) is 43.5 Å². The minimum Gasteiger partial charge on any atom is -0.355 e. The molecule has 2 aromatic rings. The van der Waals surface area contributed by atoms with Gasteiger partial charge in [0.05, 0.1) is 5.92 Å². The molecule has 1 aliphatic rings. The van der Waals surface area contributed by atoms with Gasteiger partial charge in [0, 0.05) is 32.3 Å². The number of aromatic nitrogens is 3. The molecule has 0 aliphatic carbocycles. The van der Waals surface area contributed by atoms with Crippen molar-refractivity contribution in [2.45, 2.75) is 19.3 Å². The summed E-state index contributed by atoms with van der Waals surface area (Å²) in [5.74, 6) is 0.540. The van der Waals surface area contributed by atoms with Crippen molar-refractivity contribution in [3.63, 3.8) is 0 Å². The first-order valence-corrected chi connectivity index (χ1v) is 8.19. The molecular formula is C16H20N6O3. The fraction of sp³-hybridized carbons (Fsp3) is 0.438. The largest absolute Gasteiger partial charge is 0.355 e. The highest BCUT2D eigenvalue weighted by molar-refractivity contribution is 5.80. The second kappa shape index (κ2) is 7.73. The second-order valence-electron chi connectivity index (χ2n) is 5.89. The predicted octanol–water partition coefficient (Wildman–Crippen LogP) is 0.581. The number of carbonyl (C=O) groups excluding carboxylic acids is 2. The van der Waals surface area contributed by atoms with Crippen LogP contribution < -0.4 is 11.1 Å². The van der Waals surface area contributed by atoms with E-state index in [1.807, 2.05) is 12.1 Å². The zero-order valence-corrected chi connectivity index (χ0v) is 13.7. The van der Waals surface area contributed by atoms with Gasteiger partial charge in [-0.05, 0) is 25.0 Å². The molecule has 132 valence electrons. The maximum atomic E-state index is 12.2. The molecule has 1 atom stereocenters. The lowest BCUT2D eigenvalue weighted by Crippen LogP contribution is -2.47. The van der Waals surface area contributed by atoms with E-state index in [9.17, 15) is 9.59 Å². The van der Waals surface area contributed by atoms with Crippen molar-refractivity contribution in [2.24, 2.45) is 11.7 Å². The zero-order chi connectivity index (χ0) is 17.6. The Kier molecular flexibility index (Phi) is 5.22. The molecule has 0 unspecified atom stereocenters. The molecule has 3 amide bonds. The first-order chi connectivity index (χ1) is 12.1. The Morgan fingerprint density at radius 3 is 3.04 bits per heavy atom. The summed E-state index contributed by atoms with van der Waals surface area (Å²) in [5, 5.41) is 6.73. The Morgan fingerprint density at radius 2 is 2.28 bits per heavy atom. The molecule has 9 heteroatoms. The lowest BCUT2D eigenvalue weighted by atomic mass is 9.97. The van der Waals surface area contributed by atoms with Crippen LogP contribution in [0.5, 0.6) is 0 Å². The molecule has 0 saturated carbocycles. The van der Waals surface area contributed by atoms with Crippen molar-refractivity contribution in [3.8, 4) is 11.5 Å². The van der Waals surface area contributed by atoms with Crippen molar-refractivity contribution in [3.05, 3.63) is 30.3 Å². The van der Waals surface area contributed by atoms with Crippen molar-refractivity contribution >= 4 is 11.9 Å². The van der Waals surface area contributed by atoms with Gasteiger partial charge in [-0.1, -0.05) is 11.2 Å². The van der Waals surface area contributed by atoms with Crippen LogP contribution in [0.3, 0.4) is 0 Å². The minimum atomic E-state index is -0.481. The van der Waals surface area contributed by atoms with Crippen LogP contribution in [0.25, 0.3) is 11.5 Å². The Hall–Kier alpha value is -2.97. The number of nitrogens with zero attached hydrogens (tertiary/aromatic N) is 4. The van der Waals surface area contributed by atoms with Gasteiger partial charge in [0.25, 0.3) is 0 Å². The van der Waals surface area contributed by atoms with E-state index >= 15 is 0 Å². The molecule has 0 radical (unpaired) electrons. The van der Waals surface area contributed by atoms with E-state index in [1.165, 1.54) is 4.90 Å². The Labute approximate surface area is 144 Å². The van der Waals surface area contributed by atoms with Gasteiger partial charge in [0.2, 0.25) is 17.6 Å². The third-order valence-electron chi connectivity index (χ3n) is 4.10. The van der Waals surface area contributed by atoms with Crippen LogP contribution in [-0.2, 0) is 11.2 Å². The molecule has 3 heterocycles. The van der Waals surface area contributed by atoms with E-state index in [1.54, 1.807) is 12.3 Å². The summed E-state index contributed by atoms with van der Waals surface area (Å²) in [7, 11) is 0. The van der Waals surface area contributed by atoms with E-state index < -0.39 is 6.03 Å². The second-order valence-corrected chi connectivity index (χ2v) is 5.89. The average molecular weight is 344 g/mol. The van der Waals surface area contributed by atoms with Crippen LogP contribution in [-0.4, -0.2) is 51.6 Å². The number of piperidine rings is 1. The average Bonchev–Trinajstić information content (AvgIpc) is 3.11. The van der Waals surface area contributed by atoms with Gasteiger partial charge in [-0.15, -0.1) is 0 Å². The van der Waals surface area contributed by atoms with Crippen LogP contribution in [0.15, 0.2) is 28.9 Å². The predicted molar refractivity (Wildman–Crippen MR) is 88.1 cm³/mol. The summed E-state index contributed by atoms with van der Waals surface area (Å²) in [6, 6.07) is 4.97. The number of primary amides is 1. The highest BCUT2D eigenvalue weighted by atomic mass is 16.5. The van der Waals surface area contributed by atoms with Gasteiger partial charge in [-0.2, -0.15) is 4.98 Å². The van der Waals surface area contributed by atoms with Crippen molar-refractivity contribution in [1.29, 1.82) is 0 Å². The number of carbonyl (C=O) groups is 2. The van der Waals surface area contributed by atoms with E-state index in [-0.39, 0.29) is 11.8 Å². The van der Waals surface area contributed by atoms with Gasteiger partial charge in [0.1, 0.15) is 5.69 Å². The first-order valence-electron chi connectivity index (χ1n) is 8.19. The Bertz CT molecular complexity index is 732. The lowest BCUT2D eigenvalue weighted by molar-refractivity contribution is -0.126. The molecule has 3 N–H and O–H groups in total. The molecule has 0 aromatic carbocycles. The van der Waals surface area contributed by atoms with Crippen LogP contribution in [0.1, 0.15) is 18.7 Å². The number of likely N-dealkylation sites (tertiary alicyclic amines) is 1. The standard InChI is InChI=1S/C16H20N6O3/c17-16(24)22-9-3-4-11(10-22)15(23)19-8-6-13-20-14(21-25-13)12-5-1-2-7-18-12/h1-2,5,7,11H,3-4,6,8-10H2,(H2,17,24)(H,19,23)/t11-/m1/s1. The number of nitrogens with one attached hydrogen (secondary N) is 1. The molecule has 25 heavy (non-hydrogen) atoms. The van der Waals surface area contributed by atoms with Crippen molar-refractivity contribution < 1.29 is 14.1 Å². The molecule has 1 aliphatic heterocycles. The number of nitrogens with two attached hydrogens (primary N) is 1. The fourth-order valence-corrected chi connectivity index (χ4v) is 2.78. The lowest BCUT2D eigenvalue weighted by Gasteiger charge is -2.30. The number of rotatable bonds is 5. The highest BCUT2D eigenvalue weighted by Crippen LogP contribution is 2.16. The minimum absolute atomic E-state index is 0.0876. The number of urea groups is 1. The Morgan fingerprint density at radius 1 is 1.40 bits per heavy atom. The molecule has 0 bridgehead atoms. The zero-order valence-electron chi connectivity index (χ0n) is 13.7. The number of amides is 3. The Balaban J connectivity index is 1.47. The van der Waals surface area contributed by atoms with E-state index in [2.05, 4.69) is 20.4 Å². The summed E-state index contributed by atoms with van der Waals surface area (Å²) in [6.07, 6.45) is 3.61. The summed E-state index contributed by atoms with van der Waals surface area (Å²) in [4.78, 5) is 33.4. The van der Waals surface area contributed by atoms with E-state index in [0.717, 1.165) is 12.8 Å². The first kappa shape index (κ1) is 16.9. The smallest absolute Gasteiger partial charge is 0.314 e. The maximum Gasteiger partial charge on any atom is 0.314 e. The normalized spacial score (nSPS) is 17.3. The van der Waals surface area contributed by atoms with Crippen LogP contribution in [0, 0.1) is 5.92 Å². The molecular weight excluding hydrogens is 324 g/mol. The third-order valence-corrected chi connectivity index (χ3v) is 4.10. The summed E-state index contributed by atoms with van der Waals surface area (Å²) >= 11 is 0. The van der Waals surface area contributed by atoms with Crippen LogP contribution >= 0.6 is 0 Å².